The summed E-state index contributed by atoms with van der Waals surface area (Å²) >= 11 is 4.61. The molecule has 0 bridgehead atoms. The second-order valence-corrected chi connectivity index (χ2v) is 6.61. The summed E-state index contributed by atoms with van der Waals surface area (Å²) in [6, 6.07) is 0. The fraction of sp³-hybridized carbons (Fsp3) is 0.200. The maximum Gasteiger partial charge on any atom is 0.190 e. The Morgan fingerprint density at radius 1 is 1.33 bits per heavy atom. The van der Waals surface area contributed by atoms with Crippen molar-refractivity contribution < 1.29 is 0 Å². The van der Waals surface area contributed by atoms with E-state index in [4.69, 9.17) is 5.73 Å². The van der Waals surface area contributed by atoms with Crippen LogP contribution in [-0.2, 0) is 5.75 Å². The molecule has 5 nitrogen and oxygen atoms in total. The number of thiazole rings is 2. The molecule has 3 rings (SSSR count). The third-order valence-electron chi connectivity index (χ3n) is 2.16. The predicted molar refractivity (Wildman–Crippen MR) is 76.0 cm³/mol. The predicted octanol–water partition coefficient (Wildman–Crippen LogP) is 2.73. The smallest absolute Gasteiger partial charge is 0.190 e. The Labute approximate surface area is 116 Å². The number of hydrogen-bond acceptors (Lipinski definition) is 8. The van der Waals surface area contributed by atoms with E-state index in [0.717, 1.165) is 21.2 Å². The van der Waals surface area contributed by atoms with E-state index in [-0.39, 0.29) is 0 Å². The monoisotopic (exact) mass is 295 g/mol. The van der Waals surface area contributed by atoms with E-state index in [2.05, 4.69) is 25.3 Å². The molecule has 0 aliphatic carbocycles. The lowest BCUT2D eigenvalue weighted by molar-refractivity contribution is 0.992. The molecule has 0 aliphatic heterocycles. The van der Waals surface area contributed by atoms with Crippen molar-refractivity contribution in [2.24, 2.45) is 0 Å². The first-order valence-electron chi connectivity index (χ1n) is 5.13. The number of nitrogens with two attached hydrogens (primary N) is 1. The Bertz CT molecular complexity index is 690. The third-order valence-corrected chi connectivity index (χ3v) is 4.69. The van der Waals surface area contributed by atoms with Crippen LogP contribution in [0.25, 0.3) is 10.3 Å². The minimum absolute atomic E-state index is 0.525. The average Bonchev–Trinajstić information content (AvgIpc) is 2.90. The summed E-state index contributed by atoms with van der Waals surface area (Å²) in [5.74, 6) is 0.773. The molecule has 2 N–H and O–H groups in total. The molecule has 0 saturated carbocycles. The molecule has 8 heteroatoms. The van der Waals surface area contributed by atoms with Gasteiger partial charge in [0.1, 0.15) is 0 Å². The Hall–Kier alpha value is -1.25. The van der Waals surface area contributed by atoms with Crippen LogP contribution >= 0.6 is 34.4 Å². The number of hydrogen-bond donors (Lipinski definition) is 1. The molecule has 0 unspecified atom stereocenters. The zero-order valence-electron chi connectivity index (χ0n) is 9.45. The lowest BCUT2D eigenvalue weighted by atomic mass is 10.6. The van der Waals surface area contributed by atoms with Gasteiger partial charge in [-0.15, -0.1) is 11.3 Å². The second kappa shape index (κ2) is 4.79. The zero-order chi connectivity index (χ0) is 12.5. The molecule has 0 aromatic carbocycles. The van der Waals surface area contributed by atoms with Crippen LogP contribution in [-0.4, -0.2) is 19.9 Å². The average molecular weight is 295 g/mol. The van der Waals surface area contributed by atoms with E-state index in [1.807, 2.05) is 6.92 Å². The maximum absolute atomic E-state index is 5.63. The van der Waals surface area contributed by atoms with Crippen LogP contribution in [0.5, 0.6) is 0 Å². The van der Waals surface area contributed by atoms with Crippen molar-refractivity contribution in [3.8, 4) is 0 Å². The Morgan fingerprint density at radius 2 is 2.22 bits per heavy atom. The van der Waals surface area contributed by atoms with Gasteiger partial charge in [-0.3, -0.25) is 0 Å². The molecule has 0 fully saturated rings. The molecular weight excluding hydrogens is 286 g/mol. The number of anilines is 1. The number of nitrogen functional groups attached to an aromatic ring is 1. The van der Waals surface area contributed by atoms with Crippen LogP contribution in [0.15, 0.2) is 16.7 Å². The summed E-state index contributed by atoms with van der Waals surface area (Å²) < 4.78 is 0.918. The van der Waals surface area contributed by atoms with Gasteiger partial charge in [0, 0.05) is 11.1 Å². The summed E-state index contributed by atoms with van der Waals surface area (Å²) in [5, 5.41) is 4.37. The highest BCUT2D eigenvalue weighted by atomic mass is 32.2. The topological polar surface area (TPSA) is 77.6 Å². The van der Waals surface area contributed by atoms with Crippen LogP contribution in [0, 0.1) is 6.92 Å². The van der Waals surface area contributed by atoms with Crippen LogP contribution in [0.1, 0.15) is 10.7 Å². The van der Waals surface area contributed by atoms with Gasteiger partial charge in [-0.2, -0.15) is 0 Å². The van der Waals surface area contributed by atoms with Crippen LogP contribution in [0.2, 0.25) is 0 Å². The van der Waals surface area contributed by atoms with E-state index in [0.29, 0.717) is 15.9 Å². The second-order valence-electron chi connectivity index (χ2n) is 3.54. The molecule has 0 amide bonds. The summed E-state index contributed by atoms with van der Waals surface area (Å²) in [4.78, 5) is 17.2. The zero-order valence-corrected chi connectivity index (χ0v) is 11.9. The molecule has 0 radical (unpaired) electrons. The van der Waals surface area contributed by atoms with Gasteiger partial charge in [-0.25, -0.2) is 19.9 Å². The van der Waals surface area contributed by atoms with E-state index in [1.165, 1.54) is 11.3 Å². The van der Waals surface area contributed by atoms with Crippen molar-refractivity contribution in [3.63, 3.8) is 0 Å². The van der Waals surface area contributed by atoms with Gasteiger partial charge in [0.2, 0.25) is 0 Å². The van der Waals surface area contributed by atoms with Crippen LogP contribution < -0.4 is 5.73 Å². The molecule has 92 valence electrons. The van der Waals surface area contributed by atoms with E-state index < -0.39 is 0 Å². The Balaban J connectivity index is 1.78. The van der Waals surface area contributed by atoms with Crippen molar-refractivity contribution in [3.05, 3.63) is 22.3 Å². The Morgan fingerprint density at radius 3 is 3.00 bits per heavy atom. The molecule has 3 aromatic rings. The fourth-order valence-corrected chi connectivity index (χ4v) is 3.49. The van der Waals surface area contributed by atoms with E-state index in [1.54, 1.807) is 29.3 Å². The SMILES string of the molecule is Cc1nc(CSc2ncc3sc(N)nc3n2)cs1. The Kier molecular flexibility index (Phi) is 3.14. The lowest BCUT2D eigenvalue weighted by Gasteiger charge is -1.96. The quantitative estimate of drug-likeness (QED) is 0.591. The molecule has 0 atom stereocenters. The summed E-state index contributed by atoms with van der Waals surface area (Å²) in [6.45, 7) is 2.00. The first kappa shape index (κ1) is 11.8. The third kappa shape index (κ3) is 2.45. The molecular formula is C10H9N5S3. The van der Waals surface area contributed by atoms with Crippen molar-refractivity contribution >= 4 is 49.9 Å². The number of aryl methyl sites for hydroxylation is 1. The molecule has 0 spiro atoms. The fourth-order valence-electron chi connectivity index (χ4n) is 1.42. The molecule has 3 heterocycles. The van der Waals surface area contributed by atoms with Crippen molar-refractivity contribution in [1.82, 2.24) is 19.9 Å². The minimum atomic E-state index is 0.525. The number of thioether (sulfide) groups is 1. The van der Waals surface area contributed by atoms with Gasteiger partial charge in [-0.05, 0) is 6.92 Å². The number of fused-ring (bicyclic) bond motifs is 1. The van der Waals surface area contributed by atoms with Crippen LogP contribution in [0.3, 0.4) is 0 Å². The van der Waals surface area contributed by atoms with E-state index >= 15 is 0 Å². The largest absolute Gasteiger partial charge is 0.375 e. The first-order chi connectivity index (χ1) is 8.70. The highest BCUT2D eigenvalue weighted by molar-refractivity contribution is 7.98. The standard InChI is InChI=1S/C10H9N5S3/c1-5-13-6(3-16-5)4-17-10-12-2-7-8(15-10)14-9(11)18-7/h2-3H,4H2,1H3,(H2,11,12,14,15). The van der Waals surface area contributed by atoms with Gasteiger partial charge in [-0.1, -0.05) is 23.1 Å². The van der Waals surface area contributed by atoms with E-state index in [9.17, 15) is 0 Å². The highest BCUT2D eigenvalue weighted by Gasteiger charge is 2.06. The summed E-state index contributed by atoms with van der Waals surface area (Å²) in [5.41, 5.74) is 7.36. The molecule has 0 aliphatic rings. The summed E-state index contributed by atoms with van der Waals surface area (Å²) in [7, 11) is 0. The lowest BCUT2D eigenvalue weighted by Crippen LogP contribution is -1.88. The summed E-state index contributed by atoms with van der Waals surface area (Å²) in [6.07, 6.45) is 1.77. The van der Waals surface area contributed by atoms with Crippen LogP contribution in [0.4, 0.5) is 5.13 Å². The molecule has 0 saturated heterocycles. The van der Waals surface area contributed by atoms with Gasteiger partial charge in [0.05, 0.1) is 21.6 Å². The van der Waals surface area contributed by atoms with Crippen molar-refractivity contribution in [1.29, 1.82) is 0 Å². The maximum atomic E-state index is 5.63. The van der Waals surface area contributed by atoms with Gasteiger partial charge >= 0.3 is 0 Å². The number of rotatable bonds is 3. The van der Waals surface area contributed by atoms with Gasteiger partial charge < -0.3 is 5.73 Å². The normalized spacial score (nSPS) is 11.2. The number of aromatic nitrogens is 4. The minimum Gasteiger partial charge on any atom is -0.375 e. The van der Waals surface area contributed by atoms with Gasteiger partial charge in [0.25, 0.3) is 0 Å². The molecule has 18 heavy (non-hydrogen) atoms. The van der Waals surface area contributed by atoms with Crippen molar-refractivity contribution in [2.45, 2.75) is 17.8 Å². The van der Waals surface area contributed by atoms with Gasteiger partial charge in [0.15, 0.2) is 15.9 Å². The number of nitrogens with zero attached hydrogens (tertiary/aromatic N) is 4. The van der Waals surface area contributed by atoms with Crippen molar-refractivity contribution in [2.75, 3.05) is 5.73 Å². The first-order valence-corrected chi connectivity index (χ1v) is 7.82. The molecule has 3 aromatic heterocycles. The highest BCUT2D eigenvalue weighted by Crippen LogP contribution is 2.25.